The SMILES string of the molecule is O=C(C1CCCC1)N1CC2(C1)[C@@H](c1ccccc1)[C@H](CO)N2Cc1ccc(Cl)cc1. The summed E-state index contributed by atoms with van der Waals surface area (Å²) in [5, 5.41) is 11.0. The highest BCUT2D eigenvalue weighted by Crippen LogP contribution is 2.54. The number of halogens is 1. The van der Waals surface area contributed by atoms with Crippen LogP contribution in [0.5, 0.6) is 0 Å². The maximum atomic E-state index is 13.0. The molecule has 0 unspecified atom stereocenters. The van der Waals surface area contributed by atoms with E-state index in [1.54, 1.807) is 0 Å². The van der Waals surface area contributed by atoms with Crippen molar-refractivity contribution in [1.29, 1.82) is 0 Å². The van der Waals surface area contributed by atoms with Gasteiger partial charge in [-0.25, -0.2) is 0 Å². The lowest BCUT2D eigenvalue weighted by atomic mass is 9.60. The Hall–Kier alpha value is -1.88. The maximum absolute atomic E-state index is 13.0. The van der Waals surface area contributed by atoms with Gasteiger partial charge in [0.25, 0.3) is 0 Å². The Bertz CT molecular complexity index is 889. The van der Waals surface area contributed by atoms with Crippen LogP contribution in [0.4, 0.5) is 0 Å². The van der Waals surface area contributed by atoms with Gasteiger partial charge in [0.05, 0.1) is 12.1 Å². The molecule has 30 heavy (non-hydrogen) atoms. The van der Waals surface area contributed by atoms with Gasteiger partial charge in [0.2, 0.25) is 5.91 Å². The van der Waals surface area contributed by atoms with E-state index in [4.69, 9.17) is 11.6 Å². The average Bonchev–Trinajstić information content (AvgIpc) is 3.27. The average molecular weight is 425 g/mol. The van der Waals surface area contributed by atoms with Crippen molar-refractivity contribution in [2.45, 2.75) is 49.7 Å². The molecule has 2 aromatic rings. The maximum Gasteiger partial charge on any atom is 0.225 e. The summed E-state index contributed by atoms with van der Waals surface area (Å²) >= 11 is 6.07. The molecule has 2 aromatic carbocycles. The lowest BCUT2D eigenvalue weighted by molar-refractivity contribution is -0.202. The molecule has 5 rings (SSSR count). The molecule has 1 amide bonds. The molecule has 5 heteroatoms. The largest absolute Gasteiger partial charge is 0.395 e. The van der Waals surface area contributed by atoms with E-state index in [9.17, 15) is 9.90 Å². The first-order valence-corrected chi connectivity index (χ1v) is 11.5. The molecule has 1 aliphatic carbocycles. The van der Waals surface area contributed by atoms with Crippen molar-refractivity contribution < 1.29 is 9.90 Å². The first kappa shape index (κ1) is 20.0. The molecule has 1 saturated carbocycles. The molecule has 4 nitrogen and oxygen atoms in total. The van der Waals surface area contributed by atoms with E-state index in [1.165, 1.54) is 24.0 Å². The Balaban J connectivity index is 1.40. The van der Waals surface area contributed by atoms with Crippen molar-refractivity contribution in [1.82, 2.24) is 9.80 Å². The minimum Gasteiger partial charge on any atom is -0.395 e. The summed E-state index contributed by atoms with van der Waals surface area (Å²) in [5.74, 6) is 0.795. The molecule has 0 radical (unpaired) electrons. The topological polar surface area (TPSA) is 43.8 Å². The number of rotatable bonds is 5. The van der Waals surface area contributed by atoms with Gasteiger partial charge >= 0.3 is 0 Å². The number of carbonyl (C=O) groups excluding carboxylic acids is 1. The number of aliphatic hydroxyl groups is 1. The summed E-state index contributed by atoms with van der Waals surface area (Å²) in [5.41, 5.74) is 2.35. The fourth-order valence-corrected chi connectivity index (χ4v) is 6.13. The molecule has 3 aliphatic rings. The van der Waals surface area contributed by atoms with Crippen LogP contribution < -0.4 is 0 Å². The number of hydrogen-bond donors (Lipinski definition) is 1. The predicted molar refractivity (Wildman–Crippen MR) is 118 cm³/mol. The van der Waals surface area contributed by atoms with Crippen LogP contribution in [0.15, 0.2) is 54.6 Å². The smallest absolute Gasteiger partial charge is 0.225 e. The zero-order valence-electron chi connectivity index (χ0n) is 17.2. The number of nitrogens with zero attached hydrogens (tertiary/aromatic N) is 2. The van der Waals surface area contributed by atoms with Crippen LogP contribution in [0.25, 0.3) is 0 Å². The summed E-state index contributed by atoms with van der Waals surface area (Å²) < 4.78 is 0. The Kier molecular flexibility index (Phi) is 5.34. The highest BCUT2D eigenvalue weighted by atomic mass is 35.5. The van der Waals surface area contributed by atoms with Gasteiger partial charge in [-0.15, -0.1) is 0 Å². The second-order valence-corrected chi connectivity index (χ2v) is 9.61. The fourth-order valence-electron chi connectivity index (χ4n) is 6.00. The highest BCUT2D eigenvalue weighted by molar-refractivity contribution is 6.30. The number of carbonyl (C=O) groups is 1. The molecule has 2 heterocycles. The van der Waals surface area contributed by atoms with Crippen molar-refractivity contribution >= 4 is 17.5 Å². The van der Waals surface area contributed by atoms with Crippen LogP contribution in [-0.4, -0.2) is 52.1 Å². The van der Waals surface area contributed by atoms with Crippen molar-refractivity contribution in [2.75, 3.05) is 19.7 Å². The zero-order valence-corrected chi connectivity index (χ0v) is 18.0. The van der Waals surface area contributed by atoms with Crippen molar-refractivity contribution in [3.8, 4) is 0 Å². The molecular formula is C25H29ClN2O2. The van der Waals surface area contributed by atoms with Gasteiger partial charge in [-0.1, -0.05) is 66.9 Å². The Morgan fingerprint density at radius 3 is 2.33 bits per heavy atom. The molecule has 0 aromatic heterocycles. The molecule has 2 aliphatic heterocycles. The molecule has 1 N–H and O–H groups in total. The Labute approximate surface area is 183 Å². The molecule has 2 atom stereocenters. The number of aliphatic hydroxyl groups excluding tert-OH is 1. The normalized spacial score (nSPS) is 25.9. The van der Waals surface area contributed by atoms with Gasteiger partial charge in [0, 0.05) is 42.5 Å². The van der Waals surface area contributed by atoms with E-state index in [-0.39, 0.29) is 30.0 Å². The van der Waals surface area contributed by atoms with Gasteiger partial charge in [-0.05, 0) is 36.1 Å². The quantitative estimate of drug-likeness (QED) is 0.786. The summed E-state index contributed by atoms with van der Waals surface area (Å²) in [7, 11) is 0. The fraction of sp³-hybridized carbons (Fsp3) is 0.480. The van der Waals surface area contributed by atoms with Crippen molar-refractivity contribution in [2.24, 2.45) is 5.92 Å². The van der Waals surface area contributed by atoms with E-state index in [0.29, 0.717) is 5.91 Å². The third-order valence-electron chi connectivity index (χ3n) is 7.49. The highest BCUT2D eigenvalue weighted by Gasteiger charge is 2.66. The van der Waals surface area contributed by atoms with Crippen LogP contribution >= 0.6 is 11.6 Å². The van der Waals surface area contributed by atoms with E-state index in [2.05, 4.69) is 46.2 Å². The summed E-state index contributed by atoms with van der Waals surface area (Å²) in [6.07, 6.45) is 4.44. The molecule has 1 spiro atoms. The number of hydrogen-bond acceptors (Lipinski definition) is 3. The number of benzene rings is 2. The van der Waals surface area contributed by atoms with Gasteiger partial charge in [-0.2, -0.15) is 0 Å². The monoisotopic (exact) mass is 424 g/mol. The molecular weight excluding hydrogens is 396 g/mol. The van der Waals surface area contributed by atoms with Crippen LogP contribution in [-0.2, 0) is 11.3 Å². The van der Waals surface area contributed by atoms with Gasteiger partial charge in [0.15, 0.2) is 0 Å². The first-order chi connectivity index (χ1) is 14.6. The third kappa shape index (κ3) is 3.26. The minimum atomic E-state index is -0.0946. The van der Waals surface area contributed by atoms with Crippen LogP contribution in [0, 0.1) is 5.92 Å². The number of likely N-dealkylation sites (tertiary alicyclic amines) is 2. The van der Waals surface area contributed by atoms with Crippen molar-refractivity contribution in [3.05, 3.63) is 70.7 Å². The Morgan fingerprint density at radius 2 is 1.70 bits per heavy atom. The summed E-state index contributed by atoms with van der Waals surface area (Å²) in [4.78, 5) is 17.5. The lowest BCUT2D eigenvalue weighted by Crippen LogP contribution is -2.84. The van der Waals surface area contributed by atoms with Gasteiger partial charge in [0.1, 0.15) is 0 Å². The van der Waals surface area contributed by atoms with E-state index < -0.39 is 0 Å². The second kappa shape index (κ2) is 7.99. The standard InChI is InChI=1S/C25H29ClN2O2/c26-21-12-10-18(11-13-21)14-28-22(15-29)23(19-6-2-1-3-7-19)25(28)16-27(17-25)24(30)20-8-4-5-9-20/h1-3,6-7,10-13,20,22-23,29H,4-5,8-9,14-17H2/t22-,23-/m0/s1. The van der Waals surface area contributed by atoms with Gasteiger partial charge in [-0.3, -0.25) is 9.69 Å². The van der Waals surface area contributed by atoms with Crippen LogP contribution in [0.2, 0.25) is 5.02 Å². The lowest BCUT2D eigenvalue weighted by Gasteiger charge is -2.71. The predicted octanol–water partition coefficient (Wildman–Crippen LogP) is 4.07. The summed E-state index contributed by atoms with van der Waals surface area (Å²) in [6, 6.07) is 18.5. The zero-order chi connectivity index (χ0) is 20.7. The second-order valence-electron chi connectivity index (χ2n) is 9.17. The molecule has 158 valence electrons. The van der Waals surface area contributed by atoms with Gasteiger partial charge < -0.3 is 10.0 Å². The third-order valence-corrected chi connectivity index (χ3v) is 7.75. The summed E-state index contributed by atoms with van der Waals surface area (Å²) in [6.45, 7) is 2.39. The number of amides is 1. The Morgan fingerprint density at radius 1 is 1.03 bits per heavy atom. The van der Waals surface area contributed by atoms with E-state index in [1.807, 2.05) is 18.2 Å². The first-order valence-electron chi connectivity index (χ1n) is 11.1. The van der Waals surface area contributed by atoms with Crippen LogP contribution in [0.1, 0.15) is 42.7 Å². The van der Waals surface area contributed by atoms with Crippen LogP contribution in [0.3, 0.4) is 0 Å². The van der Waals surface area contributed by atoms with Crippen molar-refractivity contribution in [3.63, 3.8) is 0 Å². The molecule has 3 fully saturated rings. The minimum absolute atomic E-state index is 0.0619. The van der Waals surface area contributed by atoms with E-state index >= 15 is 0 Å². The molecule has 2 saturated heterocycles. The van der Waals surface area contributed by atoms with E-state index in [0.717, 1.165) is 37.5 Å². The molecule has 0 bridgehead atoms.